The Morgan fingerprint density at radius 2 is 1.82 bits per heavy atom. The standard InChI is InChI=1S/C10H10F2N2O3/c1-14(4-8(13)15)9-6(11)2-5(10(16)17)3-7(9)12/h2-3H,4H2,1H3,(H2,13,15)(H,16,17). The topological polar surface area (TPSA) is 83.6 Å². The number of hydrogen-bond donors (Lipinski definition) is 2. The third-order valence-electron chi connectivity index (χ3n) is 2.04. The second-order valence-corrected chi connectivity index (χ2v) is 3.42. The molecule has 0 heterocycles. The van der Waals surface area contributed by atoms with Crippen LogP contribution < -0.4 is 10.6 Å². The Kier molecular flexibility index (Phi) is 3.62. The molecule has 0 radical (unpaired) electrons. The quantitative estimate of drug-likeness (QED) is 0.811. The first-order valence-corrected chi connectivity index (χ1v) is 4.54. The lowest BCUT2D eigenvalue weighted by Gasteiger charge is -2.18. The largest absolute Gasteiger partial charge is 0.478 e. The minimum Gasteiger partial charge on any atom is -0.478 e. The second-order valence-electron chi connectivity index (χ2n) is 3.42. The molecule has 0 aliphatic carbocycles. The van der Waals surface area contributed by atoms with Gasteiger partial charge in [-0.1, -0.05) is 0 Å². The molecule has 5 nitrogen and oxygen atoms in total. The predicted octanol–water partition coefficient (Wildman–Crippen LogP) is 0.584. The highest BCUT2D eigenvalue weighted by Gasteiger charge is 2.18. The van der Waals surface area contributed by atoms with Gasteiger partial charge in [0.15, 0.2) is 0 Å². The van der Waals surface area contributed by atoms with Crippen molar-refractivity contribution >= 4 is 17.6 Å². The van der Waals surface area contributed by atoms with Gasteiger partial charge < -0.3 is 15.7 Å². The Hall–Kier alpha value is -2.18. The number of primary amides is 1. The molecule has 0 spiro atoms. The van der Waals surface area contributed by atoms with E-state index in [0.29, 0.717) is 12.1 Å². The fourth-order valence-electron chi connectivity index (χ4n) is 1.37. The van der Waals surface area contributed by atoms with E-state index in [1.165, 1.54) is 7.05 Å². The van der Waals surface area contributed by atoms with E-state index in [9.17, 15) is 18.4 Å². The number of nitrogens with zero attached hydrogens (tertiary/aromatic N) is 1. The van der Waals surface area contributed by atoms with Crippen molar-refractivity contribution in [1.29, 1.82) is 0 Å². The first-order chi connectivity index (χ1) is 7.82. The number of benzene rings is 1. The van der Waals surface area contributed by atoms with Crippen molar-refractivity contribution in [3.05, 3.63) is 29.3 Å². The Morgan fingerprint density at radius 3 is 2.18 bits per heavy atom. The van der Waals surface area contributed by atoms with E-state index >= 15 is 0 Å². The summed E-state index contributed by atoms with van der Waals surface area (Å²) in [6.07, 6.45) is 0. The van der Waals surface area contributed by atoms with Crippen molar-refractivity contribution in [1.82, 2.24) is 0 Å². The summed E-state index contributed by atoms with van der Waals surface area (Å²) in [5, 5.41) is 8.59. The van der Waals surface area contributed by atoms with Crippen molar-refractivity contribution in [2.75, 3.05) is 18.5 Å². The first-order valence-electron chi connectivity index (χ1n) is 4.54. The van der Waals surface area contributed by atoms with Crippen LogP contribution in [0.5, 0.6) is 0 Å². The maximum absolute atomic E-state index is 13.5. The van der Waals surface area contributed by atoms with Crippen LogP contribution in [0.15, 0.2) is 12.1 Å². The van der Waals surface area contributed by atoms with Gasteiger partial charge in [-0.25, -0.2) is 13.6 Å². The third-order valence-corrected chi connectivity index (χ3v) is 2.04. The Bertz CT molecular complexity index is 454. The van der Waals surface area contributed by atoms with Crippen LogP contribution >= 0.6 is 0 Å². The van der Waals surface area contributed by atoms with Crippen molar-refractivity contribution < 1.29 is 23.5 Å². The third kappa shape index (κ3) is 2.90. The number of rotatable bonds is 4. The average molecular weight is 244 g/mol. The molecular formula is C10H10F2N2O3. The molecule has 1 aromatic carbocycles. The van der Waals surface area contributed by atoms with Gasteiger partial charge in [0.05, 0.1) is 12.1 Å². The van der Waals surface area contributed by atoms with Gasteiger partial charge in [0.2, 0.25) is 5.91 Å². The Morgan fingerprint density at radius 1 is 1.35 bits per heavy atom. The SMILES string of the molecule is CN(CC(N)=O)c1c(F)cc(C(=O)O)cc1F. The zero-order chi connectivity index (χ0) is 13.2. The molecule has 0 saturated heterocycles. The molecule has 0 aliphatic heterocycles. The number of halogens is 2. The molecule has 0 atom stereocenters. The molecule has 3 N–H and O–H groups in total. The van der Waals surface area contributed by atoms with Crippen molar-refractivity contribution in [3.63, 3.8) is 0 Å². The highest BCUT2D eigenvalue weighted by Crippen LogP contribution is 2.23. The van der Waals surface area contributed by atoms with Crippen LogP contribution in [0.4, 0.5) is 14.5 Å². The molecular weight excluding hydrogens is 234 g/mol. The van der Waals surface area contributed by atoms with E-state index in [0.717, 1.165) is 4.90 Å². The second kappa shape index (κ2) is 4.77. The fraction of sp³-hybridized carbons (Fsp3) is 0.200. The normalized spacial score (nSPS) is 10.1. The summed E-state index contributed by atoms with van der Waals surface area (Å²) in [5.74, 6) is -4.32. The van der Waals surface area contributed by atoms with E-state index < -0.39 is 34.8 Å². The molecule has 0 aliphatic rings. The number of amides is 1. The number of aromatic carboxylic acids is 1. The summed E-state index contributed by atoms with van der Waals surface area (Å²) in [7, 11) is 1.27. The van der Waals surface area contributed by atoms with E-state index in [2.05, 4.69) is 0 Å². The van der Waals surface area contributed by atoms with E-state index in [-0.39, 0.29) is 6.54 Å². The lowest BCUT2D eigenvalue weighted by molar-refractivity contribution is -0.116. The summed E-state index contributed by atoms with van der Waals surface area (Å²) >= 11 is 0. The number of anilines is 1. The monoisotopic (exact) mass is 244 g/mol. The first kappa shape index (κ1) is 12.9. The smallest absolute Gasteiger partial charge is 0.335 e. The van der Waals surface area contributed by atoms with E-state index in [1.54, 1.807) is 0 Å². The molecule has 0 unspecified atom stereocenters. The molecule has 92 valence electrons. The van der Waals surface area contributed by atoms with Crippen LogP contribution in [0.1, 0.15) is 10.4 Å². The molecule has 17 heavy (non-hydrogen) atoms. The molecule has 7 heteroatoms. The van der Waals surface area contributed by atoms with Crippen LogP contribution in [0.3, 0.4) is 0 Å². The number of nitrogens with two attached hydrogens (primary N) is 1. The number of carboxylic acid groups (broad SMARTS) is 1. The Balaban J connectivity index is 3.17. The molecule has 0 aromatic heterocycles. The minimum atomic E-state index is -1.44. The Labute approximate surface area is 95.4 Å². The number of carbonyl (C=O) groups excluding carboxylic acids is 1. The van der Waals surface area contributed by atoms with E-state index in [1.807, 2.05) is 0 Å². The number of carbonyl (C=O) groups is 2. The average Bonchev–Trinajstić information content (AvgIpc) is 2.14. The van der Waals surface area contributed by atoms with Gasteiger partial charge in [-0.2, -0.15) is 0 Å². The van der Waals surface area contributed by atoms with Crippen molar-refractivity contribution in [2.24, 2.45) is 5.73 Å². The molecule has 0 bridgehead atoms. The number of carboxylic acids is 1. The lowest BCUT2D eigenvalue weighted by Crippen LogP contribution is -2.31. The summed E-state index contributed by atoms with van der Waals surface area (Å²) in [6.45, 7) is -0.375. The van der Waals surface area contributed by atoms with Gasteiger partial charge in [0.1, 0.15) is 17.3 Å². The summed E-state index contributed by atoms with van der Waals surface area (Å²) in [4.78, 5) is 22.1. The van der Waals surface area contributed by atoms with Crippen LogP contribution in [0.25, 0.3) is 0 Å². The van der Waals surface area contributed by atoms with Crippen LogP contribution in [-0.4, -0.2) is 30.6 Å². The highest BCUT2D eigenvalue weighted by atomic mass is 19.1. The molecule has 1 rings (SSSR count). The zero-order valence-electron chi connectivity index (χ0n) is 8.91. The number of likely N-dealkylation sites (N-methyl/N-ethyl adjacent to an activating group) is 1. The molecule has 0 saturated carbocycles. The molecule has 1 amide bonds. The van der Waals surface area contributed by atoms with Gasteiger partial charge in [0, 0.05) is 7.05 Å². The zero-order valence-corrected chi connectivity index (χ0v) is 8.91. The van der Waals surface area contributed by atoms with Gasteiger partial charge in [0.25, 0.3) is 0 Å². The summed E-state index contributed by atoms with van der Waals surface area (Å²) < 4.78 is 27.0. The van der Waals surface area contributed by atoms with Crippen molar-refractivity contribution in [2.45, 2.75) is 0 Å². The summed E-state index contributed by atoms with van der Waals surface area (Å²) in [5.41, 5.74) is 3.89. The fourth-order valence-corrected chi connectivity index (χ4v) is 1.37. The van der Waals surface area contributed by atoms with E-state index in [4.69, 9.17) is 10.8 Å². The molecule has 0 fully saturated rings. The van der Waals surface area contributed by atoms with Crippen LogP contribution in [0, 0.1) is 11.6 Å². The van der Waals surface area contributed by atoms with Gasteiger partial charge in [-0.05, 0) is 12.1 Å². The highest BCUT2D eigenvalue weighted by molar-refractivity contribution is 5.88. The van der Waals surface area contributed by atoms with Gasteiger partial charge >= 0.3 is 5.97 Å². The molecule has 1 aromatic rings. The van der Waals surface area contributed by atoms with Gasteiger partial charge in [-0.3, -0.25) is 4.79 Å². The van der Waals surface area contributed by atoms with Crippen LogP contribution in [0.2, 0.25) is 0 Å². The predicted molar refractivity (Wildman–Crippen MR) is 55.8 cm³/mol. The minimum absolute atomic E-state index is 0.375. The van der Waals surface area contributed by atoms with Crippen LogP contribution in [-0.2, 0) is 4.79 Å². The van der Waals surface area contributed by atoms with Crippen molar-refractivity contribution in [3.8, 4) is 0 Å². The maximum atomic E-state index is 13.5. The summed E-state index contributed by atoms with van der Waals surface area (Å²) in [6, 6.07) is 1.36. The lowest BCUT2D eigenvalue weighted by atomic mass is 10.1. The number of hydrogen-bond acceptors (Lipinski definition) is 3. The maximum Gasteiger partial charge on any atom is 0.335 e. The van der Waals surface area contributed by atoms with Gasteiger partial charge in [-0.15, -0.1) is 0 Å².